The average Bonchev–Trinajstić information content (AvgIpc) is 3.21. The molecule has 0 aromatic rings. The van der Waals surface area contributed by atoms with Gasteiger partial charge in [-0.1, -0.05) is 25.7 Å². The minimum atomic E-state index is -0.629. The monoisotopic (exact) mass is 289 g/mol. The third kappa shape index (κ3) is 3.04. The summed E-state index contributed by atoms with van der Waals surface area (Å²) in [6.45, 7) is 0.539. The summed E-state index contributed by atoms with van der Waals surface area (Å²) in [4.78, 5) is 26.4. The molecule has 21 heavy (non-hydrogen) atoms. The number of hydrogen-bond acceptors (Lipinski definition) is 3. The standard InChI is InChI=1S/C16H23N3O2/c17-11-16(7-8-16)18-15(21)12-9-14(20)19(10-12)13-5-3-1-2-4-6-13/h12-13H,1-10H2,(H,18,21)/t12-/m1/s1. The Hall–Kier alpha value is -1.57. The molecule has 1 atom stereocenters. The number of hydrogen-bond donors (Lipinski definition) is 1. The van der Waals surface area contributed by atoms with Crippen LogP contribution in [0.2, 0.25) is 0 Å². The van der Waals surface area contributed by atoms with Crippen LogP contribution in [0.1, 0.15) is 57.8 Å². The Morgan fingerprint density at radius 1 is 1.24 bits per heavy atom. The van der Waals surface area contributed by atoms with Gasteiger partial charge in [-0.3, -0.25) is 9.59 Å². The Morgan fingerprint density at radius 3 is 2.48 bits per heavy atom. The second-order valence-electron chi connectivity index (χ2n) is 6.78. The fourth-order valence-electron chi connectivity index (χ4n) is 3.56. The highest BCUT2D eigenvalue weighted by atomic mass is 16.2. The molecule has 1 aliphatic heterocycles. The predicted octanol–water partition coefficient (Wildman–Crippen LogP) is 1.73. The maximum Gasteiger partial charge on any atom is 0.226 e. The molecule has 1 N–H and O–H groups in total. The summed E-state index contributed by atoms with van der Waals surface area (Å²) in [6, 6.07) is 2.49. The van der Waals surface area contributed by atoms with E-state index in [9.17, 15) is 9.59 Å². The van der Waals surface area contributed by atoms with Gasteiger partial charge >= 0.3 is 0 Å². The van der Waals surface area contributed by atoms with Crippen molar-refractivity contribution < 1.29 is 9.59 Å². The van der Waals surface area contributed by atoms with E-state index in [2.05, 4.69) is 11.4 Å². The number of likely N-dealkylation sites (tertiary alicyclic amines) is 1. The smallest absolute Gasteiger partial charge is 0.226 e. The minimum absolute atomic E-state index is 0.112. The molecular formula is C16H23N3O2. The molecule has 2 amide bonds. The maximum atomic E-state index is 12.3. The molecule has 0 spiro atoms. The third-order valence-corrected chi connectivity index (χ3v) is 5.12. The van der Waals surface area contributed by atoms with Crippen molar-refractivity contribution in [3.05, 3.63) is 0 Å². The zero-order valence-corrected chi connectivity index (χ0v) is 12.4. The molecule has 2 saturated carbocycles. The van der Waals surface area contributed by atoms with E-state index >= 15 is 0 Å². The number of carbonyl (C=O) groups excluding carboxylic acids is 2. The summed E-state index contributed by atoms with van der Waals surface area (Å²) < 4.78 is 0. The molecule has 0 aromatic heterocycles. The Kier molecular flexibility index (Phi) is 3.88. The van der Waals surface area contributed by atoms with Gasteiger partial charge in [0.25, 0.3) is 0 Å². The second kappa shape index (κ2) is 5.67. The number of nitrogens with one attached hydrogen (secondary N) is 1. The molecule has 3 aliphatic rings. The highest BCUT2D eigenvalue weighted by molar-refractivity contribution is 5.90. The fourth-order valence-corrected chi connectivity index (χ4v) is 3.56. The molecule has 2 aliphatic carbocycles. The van der Waals surface area contributed by atoms with Crippen molar-refractivity contribution in [2.75, 3.05) is 6.54 Å². The number of carbonyl (C=O) groups is 2. The molecule has 5 nitrogen and oxygen atoms in total. The van der Waals surface area contributed by atoms with Crippen LogP contribution in [0.25, 0.3) is 0 Å². The first-order chi connectivity index (χ1) is 10.1. The molecule has 3 fully saturated rings. The summed E-state index contributed by atoms with van der Waals surface area (Å²) in [5, 5.41) is 11.9. The van der Waals surface area contributed by atoms with Crippen molar-refractivity contribution in [2.24, 2.45) is 5.92 Å². The van der Waals surface area contributed by atoms with Crippen LogP contribution in [0.4, 0.5) is 0 Å². The van der Waals surface area contributed by atoms with Crippen LogP contribution in [0, 0.1) is 17.2 Å². The Labute approximate surface area is 125 Å². The third-order valence-electron chi connectivity index (χ3n) is 5.12. The second-order valence-corrected chi connectivity index (χ2v) is 6.78. The Bertz CT molecular complexity index is 470. The Balaban J connectivity index is 1.59. The lowest BCUT2D eigenvalue weighted by Crippen LogP contribution is -2.41. The average molecular weight is 289 g/mol. The molecular weight excluding hydrogens is 266 g/mol. The zero-order valence-electron chi connectivity index (χ0n) is 12.4. The summed E-state index contributed by atoms with van der Waals surface area (Å²) in [7, 11) is 0. The maximum absolute atomic E-state index is 12.3. The van der Waals surface area contributed by atoms with Crippen LogP contribution in [0.3, 0.4) is 0 Å². The van der Waals surface area contributed by atoms with E-state index in [4.69, 9.17) is 5.26 Å². The van der Waals surface area contributed by atoms with Gasteiger partial charge < -0.3 is 10.2 Å². The van der Waals surface area contributed by atoms with Crippen LogP contribution in [-0.4, -0.2) is 34.8 Å². The lowest BCUT2D eigenvalue weighted by molar-refractivity contribution is -0.130. The van der Waals surface area contributed by atoms with Crippen LogP contribution in [0.15, 0.2) is 0 Å². The number of nitrogens with zero attached hydrogens (tertiary/aromatic N) is 2. The molecule has 114 valence electrons. The first kappa shape index (κ1) is 14.4. The first-order valence-electron chi connectivity index (χ1n) is 8.16. The quantitative estimate of drug-likeness (QED) is 0.804. The summed E-state index contributed by atoms with van der Waals surface area (Å²) in [5.41, 5.74) is -0.629. The van der Waals surface area contributed by atoms with Gasteiger partial charge in [0.1, 0.15) is 5.54 Å². The zero-order chi connectivity index (χ0) is 14.9. The van der Waals surface area contributed by atoms with E-state index in [1.807, 2.05) is 4.90 Å². The van der Waals surface area contributed by atoms with Crippen molar-refractivity contribution in [1.29, 1.82) is 5.26 Å². The predicted molar refractivity (Wildman–Crippen MR) is 77.0 cm³/mol. The summed E-state index contributed by atoms with van der Waals surface area (Å²) in [5.74, 6) is -0.269. The minimum Gasteiger partial charge on any atom is -0.339 e. The highest BCUT2D eigenvalue weighted by Crippen LogP contribution is 2.35. The molecule has 0 aromatic carbocycles. The molecule has 0 bridgehead atoms. The van der Waals surface area contributed by atoms with Crippen molar-refractivity contribution in [3.8, 4) is 6.07 Å². The number of nitriles is 1. The van der Waals surface area contributed by atoms with Gasteiger partial charge in [0.05, 0.1) is 12.0 Å². The normalized spacial score (nSPS) is 28.8. The lowest BCUT2D eigenvalue weighted by atomic mass is 10.1. The lowest BCUT2D eigenvalue weighted by Gasteiger charge is -2.27. The van der Waals surface area contributed by atoms with Crippen molar-refractivity contribution in [3.63, 3.8) is 0 Å². The molecule has 3 rings (SSSR count). The van der Waals surface area contributed by atoms with Gasteiger partial charge in [-0.15, -0.1) is 0 Å². The van der Waals surface area contributed by atoms with Gasteiger partial charge in [-0.2, -0.15) is 5.26 Å². The molecule has 1 heterocycles. The van der Waals surface area contributed by atoms with Gasteiger partial charge in [-0.05, 0) is 25.7 Å². The first-order valence-corrected chi connectivity index (χ1v) is 8.16. The number of amides is 2. The van der Waals surface area contributed by atoms with Crippen LogP contribution in [-0.2, 0) is 9.59 Å². The van der Waals surface area contributed by atoms with Crippen LogP contribution < -0.4 is 5.32 Å². The van der Waals surface area contributed by atoms with Crippen molar-refractivity contribution in [2.45, 2.75) is 69.4 Å². The summed E-state index contributed by atoms with van der Waals surface area (Å²) in [6.07, 6.45) is 8.81. The van der Waals surface area contributed by atoms with Gasteiger partial charge in [-0.25, -0.2) is 0 Å². The number of rotatable bonds is 3. The molecule has 0 radical (unpaired) electrons. The Morgan fingerprint density at radius 2 is 1.90 bits per heavy atom. The summed E-state index contributed by atoms with van der Waals surface area (Å²) >= 11 is 0. The van der Waals surface area contributed by atoms with Crippen molar-refractivity contribution >= 4 is 11.8 Å². The fraction of sp³-hybridized carbons (Fsp3) is 0.812. The van der Waals surface area contributed by atoms with E-state index in [0.717, 1.165) is 25.7 Å². The molecule has 0 unspecified atom stereocenters. The van der Waals surface area contributed by atoms with Gasteiger partial charge in [0, 0.05) is 19.0 Å². The SMILES string of the molecule is N#CC1(NC(=O)[C@@H]2CC(=O)N(C3CCCCCC3)C2)CC1. The van der Waals surface area contributed by atoms with E-state index in [-0.39, 0.29) is 17.7 Å². The topological polar surface area (TPSA) is 73.2 Å². The van der Waals surface area contributed by atoms with E-state index in [1.165, 1.54) is 25.7 Å². The van der Waals surface area contributed by atoms with Crippen LogP contribution >= 0.6 is 0 Å². The van der Waals surface area contributed by atoms with Gasteiger partial charge in [0.2, 0.25) is 11.8 Å². The van der Waals surface area contributed by atoms with E-state index in [1.54, 1.807) is 0 Å². The van der Waals surface area contributed by atoms with Crippen molar-refractivity contribution in [1.82, 2.24) is 10.2 Å². The van der Waals surface area contributed by atoms with E-state index < -0.39 is 5.54 Å². The van der Waals surface area contributed by atoms with Gasteiger partial charge in [0.15, 0.2) is 0 Å². The highest BCUT2D eigenvalue weighted by Gasteiger charge is 2.47. The largest absolute Gasteiger partial charge is 0.339 e. The van der Waals surface area contributed by atoms with E-state index in [0.29, 0.717) is 19.0 Å². The molecule has 1 saturated heterocycles. The van der Waals surface area contributed by atoms with Crippen LogP contribution in [0.5, 0.6) is 0 Å². The molecule has 5 heteroatoms.